The summed E-state index contributed by atoms with van der Waals surface area (Å²) in [6.07, 6.45) is 0.455. The Balaban J connectivity index is 1.96. The van der Waals surface area contributed by atoms with Gasteiger partial charge in [0.05, 0.1) is 17.9 Å². The van der Waals surface area contributed by atoms with E-state index in [0.717, 1.165) is 5.56 Å². The normalized spacial score (nSPS) is 22.5. The van der Waals surface area contributed by atoms with E-state index in [2.05, 4.69) is 38.2 Å². The molecule has 1 amide bonds. The van der Waals surface area contributed by atoms with Crippen molar-refractivity contribution in [1.29, 1.82) is 0 Å². The topological polar surface area (TPSA) is 66.4 Å². The van der Waals surface area contributed by atoms with E-state index >= 15 is 0 Å². The Morgan fingerprint density at radius 2 is 1.76 bits per heavy atom. The van der Waals surface area contributed by atoms with Gasteiger partial charge in [0.1, 0.15) is 0 Å². The Morgan fingerprint density at radius 1 is 1.19 bits per heavy atom. The van der Waals surface area contributed by atoms with Gasteiger partial charge in [-0.3, -0.25) is 9.59 Å². The minimum atomic E-state index is -0.877. The minimum absolute atomic E-state index is 0.105. The molecule has 0 heterocycles. The number of carbonyl (C=O) groups excluding carboxylic acids is 1. The Hall–Kier alpha value is -1.84. The zero-order valence-electron chi connectivity index (χ0n) is 13.0. The molecule has 1 aromatic rings. The lowest BCUT2D eigenvalue weighted by molar-refractivity contribution is -0.140. The van der Waals surface area contributed by atoms with E-state index in [4.69, 9.17) is 5.11 Å². The maximum atomic E-state index is 12.0. The van der Waals surface area contributed by atoms with Crippen molar-refractivity contribution in [2.24, 2.45) is 11.8 Å². The average molecular weight is 289 g/mol. The van der Waals surface area contributed by atoms with Crippen LogP contribution in [-0.2, 0) is 15.0 Å². The van der Waals surface area contributed by atoms with Crippen LogP contribution in [0.15, 0.2) is 24.3 Å². The highest BCUT2D eigenvalue weighted by atomic mass is 16.4. The van der Waals surface area contributed by atoms with E-state index in [1.807, 2.05) is 19.1 Å². The van der Waals surface area contributed by atoms with Crippen molar-refractivity contribution >= 4 is 11.9 Å². The largest absolute Gasteiger partial charge is 0.481 e. The van der Waals surface area contributed by atoms with Gasteiger partial charge in [0, 0.05) is 0 Å². The number of carboxylic acid groups (broad SMARTS) is 1. The molecule has 4 nitrogen and oxygen atoms in total. The molecule has 1 unspecified atom stereocenters. The molecule has 114 valence electrons. The molecule has 0 aromatic heterocycles. The fourth-order valence-corrected chi connectivity index (χ4v) is 2.43. The van der Waals surface area contributed by atoms with Crippen molar-refractivity contribution in [3.8, 4) is 0 Å². The van der Waals surface area contributed by atoms with Crippen molar-refractivity contribution in [2.45, 2.75) is 45.6 Å². The van der Waals surface area contributed by atoms with E-state index in [1.54, 1.807) is 0 Å². The lowest BCUT2D eigenvalue weighted by atomic mass is 9.86. The summed E-state index contributed by atoms with van der Waals surface area (Å²) in [6, 6.07) is 8.09. The molecule has 4 heteroatoms. The summed E-state index contributed by atoms with van der Waals surface area (Å²) in [5.41, 5.74) is 2.38. The summed E-state index contributed by atoms with van der Waals surface area (Å²) in [6.45, 7) is 8.40. The van der Waals surface area contributed by atoms with Crippen molar-refractivity contribution < 1.29 is 14.7 Å². The molecule has 1 aliphatic rings. The molecule has 1 saturated carbocycles. The summed E-state index contributed by atoms with van der Waals surface area (Å²) in [5, 5.41) is 11.7. The maximum Gasteiger partial charge on any atom is 0.307 e. The van der Waals surface area contributed by atoms with Crippen LogP contribution in [0.5, 0.6) is 0 Å². The van der Waals surface area contributed by atoms with Gasteiger partial charge in [-0.15, -0.1) is 0 Å². The van der Waals surface area contributed by atoms with E-state index in [1.165, 1.54) is 5.56 Å². The average Bonchev–Trinajstić information content (AvgIpc) is 3.18. The van der Waals surface area contributed by atoms with Gasteiger partial charge in [0.25, 0.3) is 0 Å². The molecule has 1 aliphatic carbocycles. The third kappa shape index (κ3) is 3.63. The van der Waals surface area contributed by atoms with Gasteiger partial charge >= 0.3 is 5.97 Å². The van der Waals surface area contributed by atoms with Crippen LogP contribution in [0, 0.1) is 11.8 Å². The zero-order valence-corrected chi connectivity index (χ0v) is 13.0. The van der Waals surface area contributed by atoms with Crippen molar-refractivity contribution in [2.75, 3.05) is 0 Å². The van der Waals surface area contributed by atoms with Crippen LogP contribution in [0.3, 0.4) is 0 Å². The van der Waals surface area contributed by atoms with E-state index in [-0.39, 0.29) is 23.3 Å². The molecule has 1 fully saturated rings. The first kappa shape index (κ1) is 15.5. The summed E-state index contributed by atoms with van der Waals surface area (Å²) < 4.78 is 0. The van der Waals surface area contributed by atoms with E-state index in [9.17, 15) is 9.59 Å². The van der Waals surface area contributed by atoms with Crippen LogP contribution in [0.2, 0.25) is 0 Å². The minimum Gasteiger partial charge on any atom is -0.481 e. The molecule has 3 atom stereocenters. The first-order chi connectivity index (χ1) is 9.70. The number of aliphatic carboxylic acids is 1. The molecule has 0 radical (unpaired) electrons. The van der Waals surface area contributed by atoms with Crippen LogP contribution in [-0.4, -0.2) is 17.0 Å². The number of carbonyl (C=O) groups is 2. The fourth-order valence-electron chi connectivity index (χ4n) is 2.43. The number of rotatable bonds is 4. The zero-order chi connectivity index (χ0) is 15.8. The Morgan fingerprint density at radius 3 is 2.19 bits per heavy atom. The second-order valence-corrected chi connectivity index (χ2v) is 6.89. The summed E-state index contributed by atoms with van der Waals surface area (Å²) >= 11 is 0. The first-order valence-electron chi connectivity index (χ1n) is 7.34. The molecule has 0 spiro atoms. The van der Waals surface area contributed by atoms with E-state index in [0.29, 0.717) is 6.42 Å². The summed E-state index contributed by atoms with van der Waals surface area (Å²) in [5.74, 6) is -1.90. The van der Waals surface area contributed by atoms with Gasteiger partial charge in [-0.1, -0.05) is 45.0 Å². The highest BCUT2D eigenvalue weighted by molar-refractivity contribution is 5.89. The van der Waals surface area contributed by atoms with Crippen LogP contribution in [0.25, 0.3) is 0 Å². The molecular weight excluding hydrogens is 266 g/mol. The summed E-state index contributed by atoms with van der Waals surface area (Å²) in [4.78, 5) is 22.7. The van der Waals surface area contributed by atoms with Crippen LogP contribution < -0.4 is 5.32 Å². The van der Waals surface area contributed by atoms with Crippen molar-refractivity contribution in [3.05, 3.63) is 35.4 Å². The van der Waals surface area contributed by atoms with Gasteiger partial charge in [-0.25, -0.2) is 0 Å². The molecule has 2 N–H and O–H groups in total. The van der Waals surface area contributed by atoms with E-state index < -0.39 is 11.9 Å². The van der Waals surface area contributed by atoms with Crippen LogP contribution in [0.4, 0.5) is 0 Å². The number of hydrogen-bond acceptors (Lipinski definition) is 2. The van der Waals surface area contributed by atoms with Gasteiger partial charge in [0.2, 0.25) is 5.91 Å². The quantitative estimate of drug-likeness (QED) is 0.895. The monoisotopic (exact) mass is 289 g/mol. The Bertz CT molecular complexity index is 542. The fraction of sp³-hybridized carbons (Fsp3) is 0.529. The third-order valence-corrected chi connectivity index (χ3v) is 4.08. The smallest absolute Gasteiger partial charge is 0.307 e. The Kier molecular flexibility index (Phi) is 4.08. The van der Waals surface area contributed by atoms with Crippen LogP contribution in [0.1, 0.15) is 51.3 Å². The standard InChI is InChI=1S/C17H23NO3/c1-10(18-15(19)13-9-14(13)16(20)21)11-5-7-12(8-6-11)17(2,3)4/h5-8,10,13-14H,9H2,1-4H3,(H,18,19)(H,20,21)/t10?,13-,14+/m1/s1. The van der Waals surface area contributed by atoms with Gasteiger partial charge in [0.15, 0.2) is 0 Å². The molecule has 1 aromatic carbocycles. The third-order valence-electron chi connectivity index (χ3n) is 4.08. The SMILES string of the molecule is CC(NC(=O)[C@@H]1C[C@@H]1C(=O)O)c1ccc(C(C)(C)C)cc1. The number of benzene rings is 1. The number of carboxylic acids is 1. The van der Waals surface area contributed by atoms with Crippen LogP contribution >= 0.6 is 0 Å². The molecule has 0 bridgehead atoms. The second kappa shape index (κ2) is 5.51. The lowest BCUT2D eigenvalue weighted by Gasteiger charge is -2.20. The highest BCUT2D eigenvalue weighted by Crippen LogP contribution is 2.39. The molecule has 21 heavy (non-hydrogen) atoms. The molecule has 0 saturated heterocycles. The number of amides is 1. The predicted octanol–water partition coefficient (Wildman–Crippen LogP) is 2.88. The summed E-state index contributed by atoms with van der Waals surface area (Å²) in [7, 11) is 0. The number of nitrogens with one attached hydrogen (secondary N) is 1. The Labute approximate surface area is 125 Å². The molecule has 2 rings (SSSR count). The van der Waals surface area contributed by atoms with Gasteiger partial charge < -0.3 is 10.4 Å². The molecule has 0 aliphatic heterocycles. The van der Waals surface area contributed by atoms with Gasteiger partial charge in [-0.2, -0.15) is 0 Å². The van der Waals surface area contributed by atoms with Crippen molar-refractivity contribution in [1.82, 2.24) is 5.32 Å². The first-order valence-corrected chi connectivity index (χ1v) is 7.34. The number of hydrogen-bond donors (Lipinski definition) is 2. The molecular formula is C17H23NO3. The highest BCUT2D eigenvalue weighted by Gasteiger charge is 2.48. The lowest BCUT2D eigenvalue weighted by Crippen LogP contribution is -2.29. The predicted molar refractivity (Wildman–Crippen MR) is 80.9 cm³/mol. The van der Waals surface area contributed by atoms with Gasteiger partial charge in [-0.05, 0) is 29.9 Å². The van der Waals surface area contributed by atoms with Crippen molar-refractivity contribution in [3.63, 3.8) is 0 Å². The second-order valence-electron chi connectivity index (χ2n) is 6.89. The maximum absolute atomic E-state index is 12.0.